The first kappa shape index (κ1) is 20.7. The second kappa shape index (κ2) is 9.44. The van der Waals surface area contributed by atoms with Gasteiger partial charge in [0.2, 0.25) is 5.91 Å². The van der Waals surface area contributed by atoms with Crippen molar-refractivity contribution >= 4 is 45.1 Å². The van der Waals surface area contributed by atoms with Crippen LogP contribution in [0.25, 0.3) is 10.2 Å². The monoisotopic (exact) mass is 415 g/mol. The van der Waals surface area contributed by atoms with Crippen molar-refractivity contribution in [1.29, 1.82) is 0 Å². The number of para-hydroxylation sites is 1. The second-order valence-electron chi connectivity index (χ2n) is 7.39. The van der Waals surface area contributed by atoms with E-state index in [4.69, 9.17) is 6.42 Å². The zero-order chi connectivity index (χ0) is 20.1. The fraction of sp³-hybridized carbons (Fsp3) is 0.476. The molecule has 1 aliphatic heterocycles. The average Bonchev–Trinajstić information content (AvgIpc) is 2.98. The number of thiazole rings is 1. The smallest absolute Gasteiger partial charge is 0.258 e. The molecular formula is C21H25N3O2S2. The third kappa shape index (κ3) is 5.06. The van der Waals surface area contributed by atoms with Gasteiger partial charge in [-0.3, -0.25) is 9.59 Å². The first-order valence-corrected chi connectivity index (χ1v) is 11.4. The van der Waals surface area contributed by atoms with Crippen molar-refractivity contribution in [3.05, 3.63) is 29.1 Å². The lowest BCUT2D eigenvalue weighted by molar-refractivity contribution is -0.130. The number of hydrogen-bond donors (Lipinski definition) is 0. The van der Waals surface area contributed by atoms with Crippen molar-refractivity contribution in [3.8, 4) is 12.3 Å². The van der Waals surface area contributed by atoms with Gasteiger partial charge < -0.3 is 9.47 Å². The molecule has 1 fully saturated rings. The van der Waals surface area contributed by atoms with Crippen molar-refractivity contribution < 1.29 is 9.59 Å². The molecule has 148 valence electrons. The van der Waals surface area contributed by atoms with Crippen LogP contribution in [-0.2, 0) is 16.1 Å². The Labute approximate surface area is 173 Å². The summed E-state index contributed by atoms with van der Waals surface area (Å²) in [7, 11) is 0. The first-order chi connectivity index (χ1) is 13.5. The summed E-state index contributed by atoms with van der Waals surface area (Å²) in [6.07, 6.45) is 6.64. The number of fused-ring (bicyclic) bond motifs is 1. The lowest BCUT2D eigenvalue weighted by Crippen LogP contribution is -2.43. The zero-order valence-electron chi connectivity index (χ0n) is 16.3. The molecule has 1 saturated heterocycles. The summed E-state index contributed by atoms with van der Waals surface area (Å²) in [4.78, 5) is 31.5. The topological polar surface area (TPSA) is 54.7 Å². The molecule has 2 amide bonds. The normalized spacial score (nSPS) is 20.3. The highest BCUT2D eigenvalue weighted by atomic mass is 32.2. The minimum atomic E-state index is -0.240. The Balaban J connectivity index is 1.61. The molecule has 2 atom stereocenters. The summed E-state index contributed by atoms with van der Waals surface area (Å²) in [6, 6.07) is 7.86. The minimum Gasteiger partial charge on any atom is -0.341 e. The maximum absolute atomic E-state index is 12.4. The Hall–Kier alpha value is -2.04. The van der Waals surface area contributed by atoms with Gasteiger partial charge in [-0.05, 0) is 30.4 Å². The number of thioether (sulfide) groups is 1. The molecule has 3 rings (SSSR count). The van der Waals surface area contributed by atoms with E-state index in [1.54, 1.807) is 0 Å². The molecule has 2 aromatic rings. The fourth-order valence-electron chi connectivity index (χ4n) is 3.67. The van der Waals surface area contributed by atoms with Crippen LogP contribution in [0.15, 0.2) is 29.3 Å². The highest BCUT2D eigenvalue weighted by molar-refractivity contribution is 8.00. The Morgan fingerprint density at radius 3 is 2.68 bits per heavy atom. The van der Waals surface area contributed by atoms with Gasteiger partial charge in [0.1, 0.15) is 0 Å². The summed E-state index contributed by atoms with van der Waals surface area (Å²) >= 11 is 2.78. The molecule has 0 N–H and O–H groups in total. The van der Waals surface area contributed by atoms with E-state index in [1.165, 1.54) is 29.5 Å². The quantitative estimate of drug-likeness (QED) is 0.706. The molecule has 28 heavy (non-hydrogen) atoms. The van der Waals surface area contributed by atoms with Crippen molar-refractivity contribution in [3.63, 3.8) is 0 Å². The molecule has 0 saturated carbocycles. The summed E-state index contributed by atoms with van der Waals surface area (Å²) in [5.74, 6) is 4.07. The van der Waals surface area contributed by atoms with Gasteiger partial charge in [-0.15, -0.1) is 18.2 Å². The van der Waals surface area contributed by atoms with E-state index in [-0.39, 0.29) is 17.6 Å². The van der Waals surface area contributed by atoms with Crippen molar-refractivity contribution in [1.82, 2.24) is 9.47 Å². The maximum Gasteiger partial charge on any atom is 0.258 e. The zero-order valence-corrected chi connectivity index (χ0v) is 17.9. The number of piperidine rings is 1. The predicted molar refractivity (Wildman–Crippen MR) is 116 cm³/mol. The predicted octanol–water partition coefficient (Wildman–Crippen LogP) is 3.00. The Bertz CT molecular complexity index is 960. The standard InChI is InChI=1S/C21H25N3O2S2/c1-4-9-24-17-7-5-6-8-18(17)28-21(24)22-19(25)13-27-14-20(26)23-11-15(2)10-16(3)12-23/h1,5-8,15-16H,9-14H2,2-3H3/t15-,16+. The van der Waals surface area contributed by atoms with Gasteiger partial charge in [0, 0.05) is 13.1 Å². The maximum atomic E-state index is 12.4. The number of carbonyl (C=O) groups excluding carboxylic acids is 2. The Morgan fingerprint density at radius 2 is 1.96 bits per heavy atom. The van der Waals surface area contributed by atoms with Crippen molar-refractivity contribution in [2.24, 2.45) is 16.8 Å². The molecule has 1 aromatic carbocycles. The number of likely N-dealkylation sites (tertiary alicyclic amines) is 1. The lowest BCUT2D eigenvalue weighted by Gasteiger charge is -2.35. The average molecular weight is 416 g/mol. The number of amides is 2. The van der Waals surface area contributed by atoms with Crippen LogP contribution in [0, 0.1) is 24.2 Å². The van der Waals surface area contributed by atoms with Crippen LogP contribution in [0.2, 0.25) is 0 Å². The summed E-state index contributed by atoms with van der Waals surface area (Å²) < 4.78 is 2.92. The molecule has 0 aliphatic carbocycles. The third-order valence-corrected chi connectivity index (χ3v) is 6.69. The van der Waals surface area contributed by atoms with Crippen LogP contribution in [-0.4, -0.2) is 45.9 Å². The fourth-order valence-corrected chi connectivity index (χ4v) is 5.42. The molecule has 7 heteroatoms. The minimum absolute atomic E-state index is 0.112. The molecule has 5 nitrogen and oxygen atoms in total. The summed E-state index contributed by atoms with van der Waals surface area (Å²) in [6.45, 7) is 6.36. The van der Waals surface area contributed by atoms with Gasteiger partial charge >= 0.3 is 0 Å². The van der Waals surface area contributed by atoms with Crippen LogP contribution in [0.5, 0.6) is 0 Å². The van der Waals surface area contributed by atoms with Crippen LogP contribution in [0.1, 0.15) is 20.3 Å². The molecule has 0 unspecified atom stereocenters. The first-order valence-electron chi connectivity index (χ1n) is 9.42. The number of benzene rings is 1. The Morgan fingerprint density at radius 1 is 1.25 bits per heavy atom. The molecular weight excluding hydrogens is 390 g/mol. The number of hydrogen-bond acceptors (Lipinski definition) is 4. The van der Waals surface area contributed by atoms with Gasteiger partial charge in [0.05, 0.1) is 28.3 Å². The van der Waals surface area contributed by atoms with E-state index in [9.17, 15) is 9.59 Å². The van der Waals surface area contributed by atoms with Crippen LogP contribution in [0.3, 0.4) is 0 Å². The van der Waals surface area contributed by atoms with Gasteiger partial charge in [0.15, 0.2) is 4.80 Å². The van der Waals surface area contributed by atoms with Gasteiger partial charge in [0.25, 0.3) is 5.91 Å². The largest absolute Gasteiger partial charge is 0.341 e. The highest BCUT2D eigenvalue weighted by Crippen LogP contribution is 2.21. The van der Waals surface area contributed by atoms with Crippen LogP contribution >= 0.6 is 23.1 Å². The van der Waals surface area contributed by atoms with E-state index in [0.29, 0.717) is 28.9 Å². The number of aromatic nitrogens is 1. The van der Waals surface area contributed by atoms with Crippen LogP contribution < -0.4 is 4.80 Å². The van der Waals surface area contributed by atoms with E-state index in [1.807, 2.05) is 33.7 Å². The highest BCUT2D eigenvalue weighted by Gasteiger charge is 2.25. The van der Waals surface area contributed by atoms with Gasteiger partial charge in [-0.25, -0.2) is 0 Å². The van der Waals surface area contributed by atoms with Gasteiger partial charge in [-0.1, -0.05) is 43.2 Å². The molecule has 1 aromatic heterocycles. The summed E-state index contributed by atoms with van der Waals surface area (Å²) in [5.41, 5.74) is 0.980. The van der Waals surface area contributed by atoms with Gasteiger partial charge in [-0.2, -0.15) is 4.99 Å². The molecule has 1 aliphatic rings. The number of carbonyl (C=O) groups is 2. The van der Waals surface area contributed by atoms with E-state index >= 15 is 0 Å². The number of terminal acetylenes is 1. The number of rotatable bonds is 5. The van der Waals surface area contributed by atoms with E-state index in [2.05, 4.69) is 24.8 Å². The molecule has 0 bridgehead atoms. The summed E-state index contributed by atoms with van der Waals surface area (Å²) in [5, 5.41) is 0. The molecule has 2 heterocycles. The SMILES string of the molecule is C#CCn1c(=NC(=O)CSCC(=O)N2C[C@H](C)C[C@H](C)C2)sc2ccccc21. The third-order valence-electron chi connectivity index (χ3n) is 4.73. The van der Waals surface area contributed by atoms with Crippen molar-refractivity contribution in [2.75, 3.05) is 24.6 Å². The lowest BCUT2D eigenvalue weighted by atomic mass is 9.92. The number of nitrogens with zero attached hydrogens (tertiary/aromatic N) is 3. The van der Waals surface area contributed by atoms with Crippen LogP contribution in [0.4, 0.5) is 0 Å². The van der Waals surface area contributed by atoms with E-state index in [0.717, 1.165) is 23.3 Å². The molecule has 0 radical (unpaired) electrons. The Kier molecular flexibility index (Phi) is 6.97. The van der Waals surface area contributed by atoms with Crippen molar-refractivity contribution in [2.45, 2.75) is 26.8 Å². The molecule has 0 spiro atoms. The second-order valence-corrected chi connectivity index (χ2v) is 9.38. The van der Waals surface area contributed by atoms with E-state index < -0.39 is 0 Å².